The van der Waals surface area contributed by atoms with Gasteiger partial charge >= 0.3 is 5.97 Å². The van der Waals surface area contributed by atoms with Gasteiger partial charge in [0, 0.05) is 12.1 Å². The van der Waals surface area contributed by atoms with Gasteiger partial charge in [-0.15, -0.1) is 0 Å². The molecule has 3 nitrogen and oxygen atoms in total. The molecule has 0 spiro atoms. The van der Waals surface area contributed by atoms with Gasteiger partial charge in [0.15, 0.2) is 0 Å². The Labute approximate surface area is 89.4 Å². The molecule has 0 heterocycles. The molecular weight excluding hydrogens is 190 g/mol. The summed E-state index contributed by atoms with van der Waals surface area (Å²) in [5.74, 6) is -0.942. The van der Waals surface area contributed by atoms with Gasteiger partial charge in [-0.1, -0.05) is 36.9 Å². The summed E-state index contributed by atoms with van der Waals surface area (Å²) in [5, 5.41) is 11.6. The van der Waals surface area contributed by atoms with Gasteiger partial charge < -0.3 is 10.4 Å². The molecule has 0 amide bonds. The molecule has 0 saturated heterocycles. The third-order valence-corrected chi connectivity index (χ3v) is 2.07. The van der Waals surface area contributed by atoms with E-state index in [1.807, 2.05) is 30.3 Å². The van der Waals surface area contributed by atoms with Crippen molar-refractivity contribution < 1.29 is 9.90 Å². The van der Waals surface area contributed by atoms with Gasteiger partial charge in [-0.2, -0.15) is 0 Å². The standard InChI is InChI=1S/C12H15NO2/c1-10(12(14)15)9-13-8-7-11-5-3-2-4-6-11/h2-6,13H,1,7-9H2,(H,14,15). The van der Waals surface area contributed by atoms with Crippen LogP contribution in [0.4, 0.5) is 0 Å². The molecule has 0 fully saturated rings. The fourth-order valence-electron chi connectivity index (χ4n) is 1.19. The Bertz CT molecular complexity index is 333. The molecule has 3 heteroatoms. The van der Waals surface area contributed by atoms with Crippen LogP contribution in [0.15, 0.2) is 42.5 Å². The second-order valence-corrected chi connectivity index (χ2v) is 3.32. The lowest BCUT2D eigenvalue weighted by molar-refractivity contribution is -0.132. The number of hydrogen-bond donors (Lipinski definition) is 2. The summed E-state index contributed by atoms with van der Waals surface area (Å²) in [6, 6.07) is 10.1. The Morgan fingerprint density at radius 2 is 2.00 bits per heavy atom. The zero-order valence-corrected chi connectivity index (χ0v) is 8.57. The van der Waals surface area contributed by atoms with Crippen LogP contribution in [0.1, 0.15) is 5.56 Å². The topological polar surface area (TPSA) is 49.3 Å². The molecule has 0 aliphatic rings. The van der Waals surface area contributed by atoms with Gasteiger partial charge in [0.1, 0.15) is 0 Å². The van der Waals surface area contributed by atoms with Crippen LogP contribution < -0.4 is 5.32 Å². The van der Waals surface area contributed by atoms with Gasteiger partial charge in [-0.25, -0.2) is 4.79 Å². The number of rotatable bonds is 6. The first-order valence-electron chi connectivity index (χ1n) is 4.86. The average Bonchev–Trinajstić information content (AvgIpc) is 2.25. The Morgan fingerprint density at radius 1 is 1.33 bits per heavy atom. The van der Waals surface area contributed by atoms with E-state index in [1.165, 1.54) is 5.56 Å². The zero-order valence-electron chi connectivity index (χ0n) is 8.57. The molecule has 0 atom stereocenters. The first-order chi connectivity index (χ1) is 7.20. The maximum atomic E-state index is 10.4. The van der Waals surface area contributed by atoms with Crippen LogP contribution in [-0.4, -0.2) is 24.2 Å². The van der Waals surface area contributed by atoms with E-state index in [1.54, 1.807) is 0 Å². The van der Waals surface area contributed by atoms with E-state index < -0.39 is 5.97 Å². The van der Waals surface area contributed by atoms with Crippen molar-refractivity contribution in [1.29, 1.82) is 0 Å². The van der Waals surface area contributed by atoms with Crippen LogP contribution in [0.5, 0.6) is 0 Å². The van der Waals surface area contributed by atoms with E-state index in [-0.39, 0.29) is 5.57 Å². The lowest BCUT2D eigenvalue weighted by Crippen LogP contribution is -2.22. The highest BCUT2D eigenvalue weighted by Gasteiger charge is 2.01. The Balaban J connectivity index is 2.18. The molecule has 0 radical (unpaired) electrons. The monoisotopic (exact) mass is 205 g/mol. The number of nitrogens with one attached hydrogen (secondary N) is 1. The summed E-state index contributed by atoms with van der Waals surface area (Å²) in [6.07, 6.45) is 0.897. The van der Waals surface area contributed by atoms with E-state index in [4.69, 9.17) is 5.11 Å². The summed E-state index contributed by atoms with van der Waals surface area (Å²) in [5.41, 5.74) is 1.44. The van der Waals surface area contributed by atoms with Crippen molar-refractivity contribution in [3.63, 3.8) is 0 Å². The normalized spacial score (nSPS) is 9.87. The Hall–Kier alpha value is -1.61. The fourth-order valence-corrected chi connectivity index (χ4v) is 1.19. The quantitative estimate of drug-likeness (QED) is 0.546. The molecule has 1 aromatic rings. The zero-order chi connectivity index (χ0) is 11.1. The second-order valence-electron chi connectivity index (χ2n) is 3.32. The number of carbonyl (C=O) groups is 1. The van der Waals surface area contributed by atoms with E-state index in [0.717, 1.165) is 13.0 Å². The highest BCUT2D eigenvalue weighted by molar-refractivity contribution is 5.86. The molecule has 0 aliphatic carbocycles. The smallest absolute Gasteiger partial charge is 0.332 e. The predicted octanol–water partition coefficient (Wildman–Crippen LogP) is 1.46. The van der Waals surface area contributed by atoms with Gasteiger partial charge in [0.05, 0.1) is 0 Å². The molecule has 15 heavy (non-hydrogen) atoms. The molecule has 0 aromatic heterocycles. The van der Waals surface area contributed by atoms with Crippen LogP contribution >= 0.6 is 0 Å². The molecule has 1 rings (SSSR count). The fraction of sp³-hybridized carbons (Fsp3) is 0.250. The van der Waals surface area contributed by atoms with Crippen LogP contribution in [-0.2, 0) is 11.2 Å². The average molecular weight is 205 g/mol. The van der Waals surface area contributed by atoms with Crippen molar-refractivity contribution in [2.45, 2.75) is 6.42 Å². The number of carboxylic acids is 1. The maximum Gasteiger partial charge on any atom is 0.332 e. The van der Waals surface area contributed by atoms with Gasteiger partial charge in [0.2, 0.25) is 0 Å². The van der Waals surface area contributed by atoms with Crippen LogP contribution in [0.2, 0.25) is 0 Å². The number of aliphatic carboxylic acids is 1. The van der Waals surface area contributed by atoms with Gasteiger partial charge in [0.25, 0.3) is 0 Å². The molecule has 80 valence electrons. The third-order valence-electron chi connectivity index (χ3n) is 2.07. The number of hydrogen-bond acceptors (Lipinski definition) is 2. The third kappa shape index (κ3) is 4.42. The van der Waals surface area contributed by atoms with Crippen LogP contribution in [0, 0.1) is 0 Å². The van der Waals surface area contributed by atoms with E-state index in [2.05, 4.69) is 11.9 Å². The Kier molecular flexibility index (Phi) is 4.57. The summed E-state index contributed by atoms with van der Waals surface area (Å²) in [7, 11) is 0. The molecule has 0 unspecified atom stereocenters. The van der Waals surface area contributed by atoms with E-state index in [0.29, 0.717) is 6.54 Å². The second kappa shape index (κ2) is 5.98. The van der Waals surface area contributed by atoms with Crippen molar-refractivity contribution in [2.75, 3.05) is 13.1 Å². The SMILES string of the molecule is C=C(CNCCc1ccccc1)C(=O)O. The number of benzene rings is 1. The van der Waals surface area contributed by atoms with Crippen molar-refractivity contribution in [2.24, 2.45) is 0 Å². The summed E-state index contributed by atoms with van der Waals surface area (Å²) in [6.45, 7) is 4.53. The largest absolute Gasteiger partial charge is 0.478 e. The van der Waals surface area contributed by atoms with Crippen molar-refractivity contribution >= 4 is 5.97 Å². The van der Waals surface area contributed by atoms with Crippen LogP contribution in [0.3, 0.4) is 0 Å². The first kappa shape index (κ1) is 11.5. The number of carboxylic acid groups (broad SMARTS) is 1. The molecule has 0 saturated carbocycles. The molecule has 0 aliphatic heterocycles. The van der Waals surface area contributed by atoms with Crippen molar-refractivity contribution in [3.8, 4) is 0 Å². The van der Waals surface area contributed by atoms with Crippen molar-refractivity contribution in [1.82, 2.24) is 5.32 Å². The van der Waals surface area contributed by atoms with E-state index in [9.17, 15) is 4.79 Å². The lowest BCUT2D eigenvalue weighted by Gasteiger charge is -2.04. The molecule has 0 bridgehead atoms. The minimum atomic E-state index is -0.942. The highest BCUT2D eigenvalue weighted by atomic mass is 16.4. The molecular formula is C12H15NO2. The summed E-state index contributed by atoms with van der Waals surface area (Å²) < 4.78 is 0. The van der Waals surface area contributed by atoms with Crippen molar-refractivity contribution in [3.05, 3.63) is 48.0 Å². The predicted molar refractivity (Wildman–Crippen MR) is 59.8 cm³/mol. The van der Waals surface area contributed by atoms with E-state index >= 15 is 0 Å². The molecule has 2 N–H and O–H groups in total. The maximum absolute atomic E-state index is 10.4. The van der Waals surface area contributed by atoms with Gasteiger partial charge in [-0.05, 0) is 18.5 Å². The van der Waals surface area contributed by atoms with Gasteiger partial charge in [-0.3, -0.25) is 0 Å². The lowest BCUT2D eigenvalue weighted by atomic mass is 10.1. The minimum absolute atomic E-state index is 0.197. The first-order valence-corrected chi connectivity index (χ1v) is 4.86. The highest BCUT2D eigenvalue weighted by Crippen LogP contribution is 1.98. The van der Waals surface area contributed by atoms with Crippen LogP contribution in [0.25, 0.3) is 0 Å². The summed E-state index contributed by atoms with van der Waals surface area (Å²) in [4.78, 5) is 10.4. The summed E-state index contributed by atoms with van der Waals surface area (Å²) >= 11 is 0. The molecule has 1 aromatic carbocycles. The minimum Gasteiger partial charge on any atom is -0.478 e. The Morgan fingerprint density at radius 3 is 2.60 bits per heavy atom.